The van der Waals surface area contributed by atoms with E-state index in [1.165, 1.54) is 12.7 Å². The number of aromatic nitrogens is 2. The summed E-state index contributed by atoms with van der Waals surface area (Å²) in [5, 5.41) is 3.75. The lowest BCUT2D eigenvalue weighted by Gasteiger charge is -2.20. The molecule has 0 aromatic carbocycles. The number of rotatable bonds is 5. The smallest absolute Gasteiger partial charge is 0.242 e. The van der Waals surface area contributed by atoms with Crippen LogP contribution in [0.1, 0.15) is 38.0 Å². The Kier molecular flexibility index (Phi) is 4.10. The summed E-state index contributed by atoms with van der Waals surface area (Å²) in [6.07, 6.45) is 6.98. The van der Waals surface area contributed by atoms with Crippen molar-refractivity contribution in [1.29, 1.82) is 0 Å². The van der Waals surface area contributed by atoms with Gasteiger partial charge in [0.2, 0.25) is 11.7 Å². The zero-order valence-corrected chi connectivity index (χ0v) is 12.5. The molecule has 0 saturated heterocycles. The molecular formula is C14H18N2O4S. The van der Waals surface area contributed by atoms with E-state index in [0.29, 0.717) is 5.76 Å². The molecule has 1 fully saturated rings. The average molecular weight is 310 g/mol. The Labute approximate surface area is 123 Å². The van der Waals surface area contributed by atoms with Crippen molar-refractivity contribution in [2.24, 2.45) is 5.92 Å². The molecule has 0 N–H and O–H groups in total. The van der Waals surface area contributed by atoms with Gasteiger partial charge in [-0.3, -0.25) is 0 Å². The molecule has 0 atom stereocenters. The van der Waals surface area contributed by atoms with E-state index in [4.69, 9.17) is 8.94 Å². The van der Waals surface area contributed by atoms with E-state index in [-0.39, 0.29) is 29.1 Å². The highest BCUT2D eigenvalue weighted by molar-refractivity contribution is 7.90. The Morgan fingerprint density at radius 2 is 2.05 bits per heavy atom. The Balaban J connectivity index is 1.65. The Hall–Kier alpha value is -1.63. The van der Waals surface area contributed by atoms with Crippen LogP contribution in [0.15, 0.2) is 27.3 Å². The fourth-order valence-electron chi connectivity index (χ4n) is 2.78. The van der Waals surface area contributed by atoms with Crippen LogP contribution in [-0.2, 0) is 15.6 Å². The molecule has 2 heterocycles. The molecule has 3 rings (SSSR count). The van der Waals surface area contributed by atoms with E-state index >= 15 is 0 Å². The molecule has 1 aliphatic carbocycles. The normalized spacial score (nSPS) is 17.1. The molecule has 0 radical (unpaired) electrons. The first-order valence-electron chi connectivity index (χ1n) is 7.19. The van der Waals surface area contributed by atoms with Crippen molar-refractivity contribution in [2.45, 2.75) is 37.9 Å². The van der Waals surface area contributed by atoms with Gasteiger partial charge in [0, 0.05) is 0 Å². The second-order valence-electron chi connectivity index (χ2n) is 5.55. The van der Waals surface area contributed by atoms with Crippen LogP contribution in [0.2, 0.25) is 0 Å². The lowest BCUT2D eigenvalue weighted by atomic mass is 9.91. The van der Waals surface area contributed by atoms with E-state index in [0.717, 1.165) is 25.7 Å². The minimum atomic E-state index is -3.22. The van der Waals surface area contributed by atoms with Crippen LogP contribution in [0.5, 0.6) is 0 Å². The Bertz CT molecular complexity index is 670. The van der Waals surface area contributed by atoms with Gasteiger partial charge in [-0.05, 0) is 30.9 Å². The highest BCUT2D eigenvalue weighted by Gasteiger charge is 2.24. The average Bonchev–Trinajstić information content (AvgIpc) is 3.09. The number of hydrogen-bond acceptors (Lipinski definition) is 6. The number of nitrogens with zero attached hydrogens (tertiary/aromatic N) is 2. The van der Waals surface area contributed by atoms with Crippen molar-refractivity contribution < 1.29 is 17.4 Å². The van der Waals surface area contributed by atoms with Crippen molar-refractivity contribution in [3.05, 3.63) is 24.3 Å². The van der Waals surface area contributed by atoms with Gasteiger partial charge in [-0.25, -0.2) is 8.42 Å². The van der Waals surface area contributed by atoms with Crippen LogP contribution in [0, 0.1) is 5.92 Å². The van der Waals surface area contributed by atoms with Crippen LogP contribution in [0.4, 0.5) is 0 Å². The van der Waals surface area contributed by atoms with Gasteiger partial charge in [-0.2, -0.15) is 4.98 Å². The van der Waals surface area contributed by atoms with Gasteiger partial charge >= 0.3 is 0 Å². The molecule has 0 aliphatic heterocycles. The lowest BCUT2D eigenvalue weighted by Crippen LogP contribution is -2.20. The van der Waals surface area contributed by atoms with Crippen molar-refractivity contribution in [1.82, 2.24) is 10.1 Å². The molecule has 0 amide bonds. The van der Waals surface area contributed by atoms with Gasteiger partial charge in [0.25, 0.3) is 0 Å². The van der Waals surface area contributed by atoms with Crippen LogP contribution in [0.3, 0.4) is 0 Å². The molecule has 21 heavy (non-hydrogen) atoms. The summed E-state index contributed by atoms with van der Waals surface area (Å²) in [7, 11) is -3.22. The summed E-state index contributed by atoms with van der Waals surface area (Å²) < 4.78 is 34.6. The maximum Gasteiger partial charge on any atom is 0.242 e. The van der Waals surface area contributed by atoms with Gasteiger partial charge in [-0.1, -0.05) is 24.4 Å². The van der Waals surface area contributed by atoms with Crippen LogP contribution in [0.25, 0.3) is 11.6 Å². The van der Waals surface area contributed by atoms with Gasteiger partial charge in [0.1, 0.15) is 5.75 Å². The van der Waals surface area contributed by atoms with E-state index in [9.17, 15) is 8.42 Å². The molecule has 1 saturated carbocycles. The second-order valence-corrected chi connectivity index (χ2v) is 7.66. The SMILES string of the molecule is O=S(=O)(Cc1nc(-c2ccco2)no1)CC1CCCCC1. The zero-order chi connectivity index (χ0) is 14.7. The molecule has 0 spiro atoms. The summed E-state index contributed by atoms with van der Waals surface area (Å²) in [6, 6.07) is 3.41. The molecule has 1 aliphatic rings. The van der Waals surface area contributed by atoms with Crippen LogP contribution in [-0.4, -0.2) is 24.3 Å². The highest BCUT2D eigenvalue weighted by Crippen LogP contribution is 2.26. The molecule has 114 valence electrons. The predicted molar refractivity (Wildman–Crippen MR) is 76.1 cm³/mol. The molecule has 6 nitrogen and oxygen atoms in total. The molecular weight excluding hydrogens is 292 g/mol. The van der Waals surface area contributed by atoms with E-state index in [2.05, 4.69) is 10.1 Å². The standard InChI is InChI=1S/C14H18N2O4S/c17-21(18,9-11-5-2-1-3-6-11)10-13-15-14(16-20-13)12-7-4-8-19-12/h4,7-8,11H,1-3,5-6,9-10H2. The number of furan rings is 1. The fraction of sp³-hybridized carbons (Fsp3) is 0.571. The van der Waals surface area contributed by atoms with Crippen molar-refractivity contribution >= 4 is 9.84 Å². The predicted octanol–water partition coefficient (Wildman–Crippen LogP) is 2.82. The lowest BCUT2D eigenvalue weighted by molar-refractivity contribution is 0.378. The first-order chi connectivity index (χ1) is 10.1. The summed E-state index contributed by atoms with van der Waals surface area (Å²) in [5.41, 5.74) is 0. The summed E-state index contributed by atoms with van der Waals surface area (Å²) >= 11 is 0. The first-order valence-corrected chi connectivity index (χ1v) is 9.01. The molecule has 0 bridgehead atoms. The van der Waals surface area contributed by atoms with Gasteiger partial charge in [-0.15, -0.1) is 0 Å². The summed E-state index contributed by atoms with van der Waals surface area (Å²) in [4.78, 5) is 4.08. The largest absolute Gasteiger partial charge is 0.461 e. The Morgan fingerprint density at radius 3 is 2.76 bits per heavy atom. The maximum absolute atomic E-state index is 12.2. The van der Waals surface area contributed by atoms with Crippen LogP contribution < -0.4 is 0 Å². The monoisotopic (exact) mass is 310 g/mol. The molecule has 2 aromatic rings. The molecule has 7 heteroatoms. The van der Waals surface area contributed by atoms with Crippen molar-refractivity contribution in [2.75, 3.05) is 5.75 Å². The maximum atomic E-state index is 12.2. The third-order valence-corrected chi connectivity index (χ3v) is 5.43. The first kappa shape index (κ1) is 14.3. The summed E-state index contributed by atoms with van der Waals surface area (Å²) in [6.45, 7) is 0. The minimum Gasteiger partial charge on any atom is -0.461 e. The van der Waals surface area contributed by atoms with Crippen LogP contribution >= 0.6 is 0 Å². The minimum absolute atomic E-state index is 0.122. The van der Waals surface area contributed by atoms with E-state index < -0.39 is 9.84 Å². The molecule has 0 unspecified atom stereocenters. The fourth-order valence-corrected chi connectivity index (χ4v) is 4.44. The number of hydrogen-bond donors (Lipinski definition) is 0. The quantitative estimate of drug-likeness (QED) is 0.844. The van der Waals surface area contributed by atoms with Gasteiger partial charge in [0.15, 0.2) is 15.6 Å². The third-order valence-electron chi connectivity index (χ3n) is 3.77. The zero-order valence-electron chi connectivity index (χ0n) is 11.7. The second kappa shape index (κ2) is 6.01. The summed E-state index contributed by atoms with van der Waals surface area (Å²) in [5.74, 6) is 1.16. The highest BCUT2D eigenvalue weighted by atomic mass is 32.2. The van der Waals surface area contributed by atoms with Gasteiger partial charge < -0.3 is 8.94 Å². The van der Waals surface area contributed by atoms with Crippen molar-refractivity contribution in [3.8, 4) is 11.6 Å². The third kappa shape index (κ3) is 3.72. The molecule has 2 aromatic heterocycles. The Morgan fingerprint density at radius 1 is 1.24 bits per heavy atom. The van der Waals surface area contributed by atoms with Crippen molar-refractivity contribution in [3.63, 3.8) is 0 Å². The number of sulfone groups is 1. The van der Waals surface area contributed by atoms with Gasteiger partial charge in [0.05, 0.1) is 12.0 Å². The topological polar surface area (TPSA) is 86.2 Å². The van der Waals surface area contributed by atoms with E-state index in [1.54, 1.807) is 12.1 Å². The van der Waals surface area contributed by atoms with E-state index in [1.807, 2.05) is 0 Å².